The molecule has 0 saturated heterocycles. The second kappa shape index (κ2) is 5.07. The Morgan fingerprint density at radius 1 is 1.38 bits per heavy atom. The molecule has 0 aliphatic heterocycles. The van der Waals surface area contributed by atoms with Gasteiger partial charge in [0.2, 0.25) is 5.96 Å². The summed E-state index contributed by atoms with van der Waals surface area (Å²) < 4.78 is 0. The summed E-state index contributed by atoms with van der Waals surface area (Å²) in [5.74, 6) is 0.252. The summed E-state index contributed by atoms with van der Waals surface area (Å²) in [6.07, 6.45) is 5.02. The maximum absolute atomic E-state index is 7.44. The molecule has 13 heavy (non-hydrogen) atoms. The standard InChI is InChI=1S/C9H19N3O/c1-7(2)11-9(10)12-13-8-5-3-4-6-8/h7-8H,3-6H2,1-2H3,(H3,10,11,12). The van der Waals surface area contributed by atoms with Gasteiger partial charge >= 0.3 is 0 Å². The van der Waals surface area contributed by atoms with Crippen LogP contribution in [-0.4, -0.2) is 18.1 Å². The highest BCUT2D eigenvalue weighted by molar-refractivity contribution is 5.75. The van der Waals surface area contributed by atoms with Crippen molar-refractivity contribution in [3.8, 4) is 0 Å². The fourth-order valence-corrected chi connectivity index (χ4v) is 1.47. The molecule has 1 aliphatic carbocycles. The minimum absolute atomic E-state index is 0.252. The van der Waals surface area contributed by atoms with Gasteiger partial charge in [0.05, 0.1) is 6.10 Å². The Kier molecular flexibility index (Phi) is 4.02. The van der Waals surface area contributed by atoms with E-state index in [-0.39, 0.29) is 12.0 Å². The minimum atomic E-state index is 0.252. The van der Waals surface area contributed by atoms with Crippen LogP contribution in [0.15, 0.2) is 0 Å². The Morgan fingerprint density at radius 3 is 2.54 bits per heavy atom. The fourth-order valence-electron chi connectivity index (χ4n) is 1.47. The van der Waals surface area contributed by atoms with Crippen LogP contribution >= 0.6 is 0 Å². The summed E-state index contributed by atoms with van der Waals surface area (Å²) >= 11 is 0. The molecule has 1 rings (SSSR count). The van der Waals surface area contributed by atoms with Crippen LogP contribution < -0.4 is 10.8 Å². The molecule has 0 aromatic carbocycles. The molecule has 1 saturated carbocycles. The molecule has 0 atom stereocenters. The Balaban J connectivity index is 2.07. The summed E-state index contributed by atoms with van der Waals surface area (Å²) in [6, 6.07) is 0.271. The van der Waals surface area contributed by atoms with Crippen LogP contribution in [0.2, 0.25) is 0 Å². The Hall–Kier alpha value is -0.770. The lowest BCUT2D eigenvalue weighted by atomic mass is 10.3. The molecule has 0 amide bonds. The first-order valence-corrected chi connectivity index (χ1v) is 4.95. The van der Waals surface area contributed by atoms with E-state index < -0.39 is 0 Å². The third-order valence-corrected chi connectivity index (χ3v) is 2.06. The molecule has 0 bridgehead atoms. The van der Waals surface area contributed by atoms with Gasteiger partial charge in [-0.05, 0) is 26.7 Å². The van der Waals surface area contributed by atoms with Crippen molar-refractivity contribution in [2.45, 2.75) is 51.7 Å². The van der Waals surface area contributed by atoms with Crippen LogP contribution in [0.5, 0.6) is 0 Å². The third kappa shape index (κ3) is 4.12. The lowest BCUT2D eigenvalue weighted by Crippen LogP contribution is -2.41. The van der Waals surface area contributed by atoms with Gasteiger partial charge in [-0.1, -0.05) is 12.8 Å². The molecule has 0 spiro atoms. The fraction of sp³-hybridized carbons (Fsp3) is 0.889. The van der Waals surface area contributed by atoms with E-state index in [1.54, 1.807) is 0 Å². The third-order valence-electron chi connectivity index (χ3n) is 2.06. The number of hydroxylamine groups is 1. The number of rotatable bonds is 3. The normalized spacial score (nSPS) is 17.8. The quantitative estimate of drug-likeness (QED) is 0.354. The van der Waals surface area contributed by atoms with Gasteiger partial charge in [-0.2, -0.15) is 0 Å². The first kappa shape index (κ1) is 10.3. The van der Waals surface area contributed by atoms with E-state index in [1.807, 2.05) is 13.8 Å². The van der Waals surface area contributed by atoms with Gasteiger partial charge in [0.25, 0.3) is 0 Å². The highest BCUT2D eigenvalue weighted by atomic mass is 16.7. The Morgan fingerprint density at radius 2 is 2.00 bits per heavy atom. The molecular weight excluding hydrogens is 166 g/mol. The van der Waals surface area contributed by atoms with Crippen LogP contribution in [0.3, 0.4) is 0 Å². The van der Waals surface area contributed by atoms with Gasteiger partial charge in [0.1, 0.15) is 0 Å². The Bertz CT molecular complexity index is 164. The van der Waals surface area contributed by atoms with Crippen LogP contribution in [0.25, 0.3) is 0 Å². The van der Waals surface area contributed by atoms with Crippen LogP contribution in [-0.2, 0) is 4.84 Å². The number of hydrogen-bond acceptors (Lipinski definition) is 2. The van der Waals surface area contributed by atoms with Crippen molar-refractivity contribution < 1.29 is 4.84 Å². The van der Waals surface area contributed by atoms with E-state index in [9.17, 15) is 0 Å². The SMILES string of the molecule is CC(C)NC(=N)NOC1CCCC1. The van der Waals surface area contributed by atoms with Gasteiger partial charge in [0, 0.05) is 6.04 Å². The zero-order chi connectivity index (χ0) is 9.68. The smallest absolute Gasteiger partial charge is 0.213 e. The van der Waals surface area contributed by atoms with Crippen molar-refractivity contribution in [1.82, 2.24) is 10.8 Å². The van der Waals surface area contributed by atoms with E-state index >= 15 is 0 Å². The molecular formula is C9H19N3O. The van der Waals surface area contributed by atoms with Crippen molar-refractivity contribution in [3.63, 3.8) is 0 Å². The summed E-state index contributed by atoms with van der Waals surface area (Å²) in [6.45, 7) is 3.98. The minimum Gasteiger partial charge on any atom is -0.353 e. The maximum Gasteiger partial charge on any atom is 0.213 e. The molecule has 0 unspecified atom stereocenters. The van der Waals surface area contributed by atoms with E-state index in [4.69, 9.17) is 10.2 Å². The van der Waals surface area contributed by atoms with E-state index in [1.165, 1.54) is 12.8 Å². The van der Waals surface area contributed by atoms with Crippen molar-refractivity contribution >= 4 is 5.96 Å². The molecule has 3 N–H and O–H groups in total. The van der Waals surface area contributed by atoms with E-state index in [2.05, 4.69) is 10.8 Å². The molecule has 0 aromatic rings. The van der Waals surface area contributed by atoms with Gasteiger partial charge in [-0.15, -0.1) is 0 Å². The van der Waals surface area contributed by atoms with Crippen molar-refractivity contribution in [1.29, 1.82) is 5.41 Å². The van der Waals surface area contributed by atoms with Gasteiger partial charge < -0.3 is 5.32 Å². The molecule has 4 nitrogen and oxygen atoms in total. The van der Waals surface area contributed by atoms with Crippen molar-refractivity contribution in [2.24, 2.45) is 0 Å². The molecule has 0 aromatic heterocycles. The Labute approximate surface area is 79.5 Å². The maximum atomic E-state index is 7.44. The predicted molar refractivity (Wildman–Crippen MR) is 52.5 cm³/mol. The molecule has 1 aliphatic rings. The average molecular weight is 185 g/mol. The highest BCUT2D eigenvalue weighted by Crippen LogP contribution is 2.19. The summed E-state index contributed by atoms with van der Waals surface area (Å²) in [7, 11) is 0. The highest BCUT2D eigenvalue weighted by Gasteiger charge is 2.15. The second-order valence-corrected chi connectivity index (χ2v) is 3.80. The van der Waals surface area contributed by atoms with E-state index in [0.29, 0.717) is 6.10 Å². The summed E-state index contributed by atoms with van der Waals surface area (Å²) in [4.78, 5) is 5.33. The average Bonchev–Trinajstić information content (AvgIpc) is 2.51. The largest absolute Gasteiger partial charge is 0.353 e. The molecule has 76 valence electrons. The molecule has 0 heterocycles. The first-order valence-electron chi connectivity index (χ1n) is 4.95. The van der Waals surface area contributed by atoms with Crippen molar-refractivity contribution in [2.75, 3.05) is 0 Å². The van der Waals surface area contributed by atoms with Gasteiger partial charge in [0.15, 0.2) is 0 Å². The van der Waals surface area contributed by atoms with Crippen molar-refractivity contribution in [3.05, 3.63) is 0 Å². The van der Waals surface area contributed by atoms with Crippen LogP contribution in [0, 0.1) is 5.41 Å². The number of guanidine groups is 1. The van der Waals surface area contributed by atoms with Crippen LogP contribution in [0.4, 0.5) is 0 Å². The number of hydrogen-bond donors (Lipinski definition) is 3. The predicted octanol–water partition coefficient (Wildman–Crippen LogP) is 1.38. The zero-order valence-electron chi connectivity index (χ0n) is 8.39. The molecule has 1 fully saturated rings. The zero-order valence-corrected chi connectivity index (χ0v) is 8.39. The lowest BCUT2D eigenvalue weighted by Gasteiger charge is -2.15. The second-order valence-electron chi connectivity index (χ2n) is 3.80. The molecule has 0 radical (unpaired) electrons. The lowest BCUT2D eigenvalue weighted by molar-refractivity contribution is 0.0124. The number of nitrogens with one attached hydrogen (secondary N) is 3. The monoisotopic (exact) mass is 185 g/mol. The topological polar surface area (TPSA) is 57.1 Å². The molecule has 4 heteroatoms. The summed E-state index contributed by atoms with van der Waals surface area (Å²) in [5, 5.41) is 10.3. The van der Waals surface area contributed by atoms with Gasteiger partial charge in [-0.3, -0.25) is 10.2 Å². The first-order chi connectivity index (χ1) is 6.18. The van der Waals surface area contributed by atoms with Gasteiger partial charge in [-0.25, -0.2) is 5.48 Å². The van der Waals surface area contributed by atoms with E-state index in [0.717, 1.165) is 12.8 Å². The van der Waals surface area contributed by atoms with Crippen LogP contribution in [0.1, 0.15) is 39.5 Å². The summed E-state index contributed by atoms with van der Waals surface area (Å²) in [5.41, 5.74) is 2.63.